The lowest BCUT2D eigenvalue weighted by Crippen LogP contribution is -2.32. The standard InChI is InChI=1S/C51H39N3/c1-4-33-48(31-17-7-5-8-18-31)52-49(32-19-9-6-10-20-32)53-50(33)54-46-29-40-37-24-14-12-22-35(37)34-21-11-13-23-36(34)39(40)27-42(46)43-28-41-38-25-15-16-26-44(38)51(2,3)45(41)30-47(43)54/h5-30,33,48H,4H2,1-3H3. The molecule has 54 heavy (non-hydrogen) atoms. The molecule has 0 radical (unpaired) electrons. The number of benzene rings is 8. The zero-order valence-electron chi connectivity index (χ0n) is 30.7. The molecule has 2 aliphatic rings. The van der Waals surface area contributed by atoms with Crippen molar-refractivity contribution in [3.63, 3.8) is 0 Å². The summed E-state index contributed by atoms with van der Waals surface area (Å²) >= 11 is 0. The predicted octanol–water partition coefficient (Wildman–Crippen LogP) is 13.0. The minimum absolute atomic E-state index is 0.0566. The van der Waals surface area contributed by atoms with Crippen LogP contribution in [0.1, 0.15) is 55.5 Å². The van der Waals surface area contributed by atoms with Crippen molar-refractivity contribution in [3.05, 3.63) is 180 Å². The lowest BCUT2D eigenvalue weighted by molar-refractivity contribution is 0.522. The SMILES string of the molecule is CCC1C(n2c3cc4c(cc3c3cc5c6ccccc6c6ccccc6c5cc32)-c2ccccc2C4(C)C)=NC(c2ccccc2)=NC1c1ccccc1. The Morgan fingerprint density at radius 1 is 0.519 bits per heavy atom. The molecule has 1 aliphatic heterocycles. The van der Waals surface area contributed by atoms with Crippen LogP contribution >= 0.6 is 0 Å². The van der Waals surface area contributed by atoms with E-state index in [4.69, 9.17) is 9.98 Å². The normalized spacial score (nSPS) is 17.6. The number of aliphatic imine (C=N–C) groups is 2. The van der Waals surface area contributed by atoms with Crippen LogP contribution in [0.4, 0.5) is 0 Å². The Balaban J connectivity index is 1.30. The van der Waals surface area contributed by atoms with Crippen LogP contribution in [0.5, 0.6) is 0 Å². The van der Waals surface area contributed by atoms with Gasteiger partial charge in [0.15, 0.2) is 5.84 Å². The number of aromatic nitrogens is 1. The number of amidine groups is 1. The minimum atomic E-state index is -0.139. The van der Waals surface area contributed by atoms with Gasteiger partial charge in [0.2, 0.25) is 0 Å². The van der Waals surface area contributed by atoms with Gasteiger partial charge < -0.3 is 0 Å². The van der Waals surface area contributed by atoms with Crippen molar-refractivity contribution in [2.75, 3.05) is 0 Å². The number of hydrogen-bond donors (Lipinski definition) is 0. The van der Waals surface area contributed by atoms with Gasteiger partial charge >= 0.3 is 0 Å². The van der Waals surface area contributed by atoms with Gasteiger partial charge in [-0.15, -0.1) is 0 Å². The second-order valence-electron chi connectivity index (χ2n) is 15.6. The molecule has 0 bridgehead atoms. The first-order valence-corrected chi connectivity index (χ1v) is 19.2. The van der Waals surface area contributed by atoms with Gasteiger partial charge in [-0.3, -0.25) is 9.56 Å². The summed E-state index contributed by atoms with van der Waals surface area (Å²) in [4.78, 5) is 11.1. The maximum absolute atomic E-state index is 5.61. The summed E-state index contributed by atoms with van der Waals surface area (Å²) in [5.41, 5.74) is 9.91. The van der Waals surface area contributed by atoms with Crippen LogP contribution in [-0.4, -0.2) is 16.2 Å². The first-order valence-electron chi connectivity index (χ1n) is 19.2. The van der Waals surface area contributed by atoms with Crippen molar-refractivity contribution < 1.29 is 0 Å². The number of hydrogen-bond acceptors (Lipinski definition) is 2. The van der Waals surface area contributed by atoms with E-state index >= 15 is 0 Å². The maximum atomic E-state index is 5.61. The fraction of sp³-hybridized carbons (Fsp3) is 0.137. The third kappa shape index (κ3) is 4.36. The van der Waals surface area contributed by atoms with Crippen molar-refractivity contribution in [1.82, 2.24) is 4.57 Å². The van der Waals surface area contributed by atoms with E-state index in [2.05, 4.69) is 183 Å². The van der Waals surface area contributed by atoms with Crippen molar-refractivity contribution in [3.8, 4) is 11.1 Å². The second kappa shape index (κ2) is 11.6. The van der Waals surface area contributed by atoms with Crippen LogP contribution < -0.4 is 0 Å². The van der Waals surface area contributed by atoms with E-state index in [0.29, 0.717) is 0 Å². The highest BCUT2D eigenvalue weighted by Gasteiger charge is 2.38. The molecular formula is C51H39N3. The molecule has 1 aromatic heterocycles. The smallest absolute Gasteiger partial charge is 0.157 e. The van der Waals surface area contributed by atoms with Crippen LogP contribution in [-0.2, 0) is 5.41 Å². The summed E-state index contributed by atoms with van der Waals surface area (Å²) in [6.45, 7) is 7.04. The fourth-order valence-electron chi connectivity index (χ4n) is 9.74. The van der Waals surface area contributed by atoms with Gasteiger partial charge in [0.1, 0.15) is 5.84 Å². The third-order valence-corrected chi connectivity index (χ3v) is 12.4. The Labute approximate surface area is 314 Å². The Kier molecular flexibility index (Phi) is 6.70. The fourth-order valence-corrected chi connectivity index (χ4v) is 9.74. The Hall–Kier alpha value is -6.32. The molecular weight excluding hydrogens is 655 g/mol. The molecule has 2 unspecified atom stereocenters. The first kappa shape index (κ1) is 31.2. The molecule has 8 aromatic carbocycles. The van der Waals surface area contributed by atoms with E-state index in [0.717, 1.165) is 23.7 Å². The van der Waals surface area contributed by atoms with Gasteiger partial charge in [-0.1, -0.05) is 154 Å². The predicted molar refractivity (Wildman–Crippen MR) is 228 cm³/mol. The molecule has 2 atom stereocenters. The average Bonchev–Trinajstić information content (AvgIpc) is 3.66. The first-order chi connectivity index (χ1) is 26.5. The van der Waals surface area contributed by atoms with Crippen LogP contribution in [0.25, 0.3) is 65.3 Å². The molecule has 0 amide bonds. The largest absolute Gasteiger partial charge is 0.297 e. The molecule has 0 spiro atoms. The number of fused-ring (bicyclic) bond motifs is 12. The van der Waals surface area contributed by atoms with Crippen LogP contribution in [0.2, 0.25) is 0 Å². The van der Waals surface area contributed by atoms with E-state index in [-0.39, 0.29) is 17.4 Å². The quantitative estimate of drug-likeness (QED) is 0.165. The highest BCUT2D eigenvalue weighted by atomic mass is 15.1. The monoisotopic (exact) mass is 693 g/mol. The Bertz CT molecular complexity index is 3050. The summed E-state index contributed by atoms with van der Waals surface area (Å²) in [5.74, 6) is 1.89. The Morgan fingerprint density at radius 3 is 1.76 bits per heavy atom. The molecule has 0 saturated heterocycles. The van der Waals surface area contributed by atoms with Gasteiger partial charge in [-0.05, 0) is 90.8 Å². The summed E-state index contributed by atoms with van der Waals surface area (Å²) in [5, 5.41) is 10.2. The Morgan fingerprint density at radius 2 is 1.07 bits per heavy atom. The van der Waals surface area contributed by atoms with Gasteiger partial charge in [0.05, 0.1) is 17.1 Å². The molecule has 9 aromatic rings. The molecule has 258 valence electrons. The zero-order valence-corrected chi connectivity index (χ0v) is 30.7. The van der Waals surface area contributed by atoms with Gasteiger partial charge in [-0.25, -0.2) is 4.99 Å². The van der Waals surface area contributed by atoms with Gasteiger partial charge in [0.25, 0.3) is 0 Å². The van der Waals surface area contributed by atoms with E-state index in [9.17, 15) is 0 Å². The minimum Gasteiger partial charge on any atom is -0.297 e. The van der Waals surface area contributed by atoms with Crippen molar-refractivity contribution in [1.29, 1.82) is 0 Å². The van der Waals surface area contributed by atoms with Crippen LogP contribution in [0.3, 0.4) is 0 Å². The number of rotatable bonds is 3. The summed E-state index contributed by atoms with van der Waals surface area (Å²) in [7, 11) is 0. The van der Waals surface area contributed by atoms with E-state index in [1.54, 1.807) is 0 Å². The third-order valence-electron chi connectivity index (χ3n) is 12.4. The molecule has 2 heterocycles. The molecule has 3 heteroatoms. The lowest BCUT2D eigenvalue weighted by Gasteiger charge is -2.31. The highest BCUT2D eigenvalue weighted by Crippen LogP contribution is 2.51. The van der Waals surface area contributed by atoms with Crippen LogP contribution in [0, 0.1) is 5.92 Å². The number of nitrogens with zero attached hydrogens (tertiary/aromatic N) is 3. The summed E-state index contributed by atoms with van der Waals surface area (Å²) in [6.07, 6.45) is 0.897. The van der Waals surface area contributed by atoms with Crippen molar-refractivity contribution >= 4 is 65.8 Å². The van der Waals surface area contributed by atoms with Gasteiger partial charge in [-0.2, -0.15) is 0 Å². The van der Waals surface area contributed by atoms with Crippen LogP contribution in [0.15, 0.2) is 168 Å². The van der Waals surface area contributed by atoms with E-state index in [1.807, 2.05) is 0 Å². The lowest BCUT2D eigenvalue weighted by atomic mass is 9.82. The molecule has 0 saturated carbocycles. The second-order valence-corrected chi connectivity index (χ2v) is 15.6. The average molecular weight is 694 g/mol. The van der Waals surface area contributed by atoms with E-state index in [1.165, 1.54) is 81.9 Å². The maximum Gasteiger partial charge on any atom is 0.157 e. The molecule has 11 rings (SSSR count). The molecule has 0 fully saturated rings. The van der Waals surface area contributed by atoms with Gasteiger partial charge in [0, 0.05) is 27.7 Å². The molecule has 0 N–H and O–H groups in total. The highest BCUT2D eigenvalue weighted by molar-refractivity contribution is 6.30. The zero-order chi connectivity index (χ0) is 36.1. The topological polar surface area (TPSA) is 29.6 Å². The summed E-state index contributed by atoms with van der Waals surface area (Å²) in [6, 6.07) is 57.9. The van der Waals surface area contributed by atoms with Crippen molar-refractivity contribution in [2.45, 2.75) is 38.6 Å². The van der Waals surface area contributed by atoms with Crippen molar-refractivity contribution in [2.24, 2.45) is 15.9 Å². The molecule has 1 aliphatic carbocycles. The molecule has 3 nitrogen and oxygen atoms in total. The summed E-state index contributed by atoms with van der Waals surface area (Å²) < 4.78 is 2.52. The van der Waals surface area contributed by atoms with E-state index < -0.39 is 0 Å².